The summed E-state index contributed by atoms with van der Waals surface area (Å²) in [6.07, 6.45) is 2.68. The van der Waals surface area contributed by atoms with Gasteiger partial charge >= 0.3 is 0 Å². The number of hydrogen-bond acceptors (Lipinski definition) is 2. The van der Waals surface area contributed by atoms with Crippen LogP contribution in [-0.4, -0.2) is 19.6 Å². The second-order valence-corrected chi connectivity index (χ2v) is 5.63. The Balaban J connectivity index is 2.10. The van der Waals surface area contributed by atoms with Crippen molar-refractivity contribution in [2.24, 2.45) is 5.92 Å². The second-order valence-electron chi connectivity index (χ2n) is 5.63. The lowest BCUT2D eigenvalue weighted by Crippen LogP contribution is -2.26. The van der Waals surface area contributed by atoms with Crippen LogP contribution in [0.1, 0.15) is 32.3 Å². The first-order chi connectivity index (χ1) is 8.56. The Kier molecular flexibility index (Phi) is 4.23. The molecule has 3 heteroatoms. The molecule has 0 aromatic heterocycles. The van der Waals surface area contributed by atoms with Crippen molar-refractivity contribution in [3.63, 3.8) is 0 Å². The van der Waals surface area contributed by atoms with Crippen LogP contribution >= 0.6 is 0 Å². The van der Waals surface area contributed by atoms with Crippen molar-refractivity contribution < 1.29 is 4.39 Å². The molecule has 100 valence electrons. The zero-order valence-corrected chi connectivity index (χ0v) is 11.5. The molecule has 1 N–H and O–H groups in total. The van der Waals surface area contributed by atoms with E-state index in [2.05, 4.69) is 31.1 Å². The van der Waals surface area contributed by atoms with Gasteiger partial charge in [0, 0.05) is 31.9 Å². The molecule has 1 aliphatic rings. The van der Waals surface area contributed by atoms with Crippen molar-refractivity contribution in [2.45, 2.75) is 39.3 Å². The molecule has 0 radical (unpaired) electrons. The van der Waals surface area contributed by atoms with E-state index in [4.69, 9.17) is 0 Å². The molecular weight excluding hydrogens is 227 g/mol. The molecule has 1 aromatic carbocycles. The molecule has 1 aliphatic carbocycles. The number of rotatable bonds is 6. The third-order valence-electron chi connectivity index (χ3n) is 3.38. The van der Waals surface area contributed by atoms with Crippen LogP contribution in [0.15, 0.2) is 18.2 Å². The molecule has 18 heavy (non-hydrogen) atoms. The van der Waals surface area contributed by atoms with E-state index in [-0.39, 0.29) is 5.82 Å². The first kappa shape index (κ1) is 13.3. The normalized spacial score (nSPS) is 15.2. The maximum absolute atomic E-state index is 13.4. The molecule has 0 atom stereocenters. The average Bonchev–Trinajstić information content (AvgIpc) is 3.10. The van der Waals surface area contributed by atoms with Crippen molar-refractivity contribution in [1.29, 1.82) is 0 Å². The van der Waals surface area contributed by atoms with E-state index in [0.29, 0.717) is 6.04 Å². The van der Waals surface area contributed by atoms with Gasteiger partial charge in [0.25, 0.3) is 0 Å². The summed E-state index contributed by atoms with van der Waals surface area (Å²) in [5, 5.41) is 3.36. The predicted molar refractivity (Wildman–Crippen MR) is 74.4 cm³/mol. The minimum atomic E-state index is -0.154. The minimum absolute atomic E-state index is 0.154. The van der Waals surface area contributed by atoms with Crippen LogP contribution in [0.2, 0.25) is 0 Å². The molecule has 2 nitrogen and oxygen atoms in total. The van der Waals surface area contributed by atoms with Gasteiger partial charge in [0.15, 0.2) is 0 Å². The number of halogens is 1. The monoisotopic (exact) mass is 250 g/mol. The lowest BCUT2D eigenvalue weighted by molar-refractivity contribution is 0.580. The van der Waals surface area contributed by atoms with Crippen LogP contribution in [0.3, 0.4) is 0 Å². The highest BCUT2D eigenvalue weighted by Crippen LogP contribution is 2.32. The summed E-state index contributed by atoms with van der Waals surface area (Å²) in [5.74, 6) is 0.685. The highest BCUT2D eigenvalue weighted by molar-refractivity contribution is 5.53. The molecule has 2 rings (SSSR count). The third-order valence-corrected chi connectivity index (χ3v) is 3.38. The van der Waals surface area contributed by atoms with E-state index >= 15 is 0 Å². The van der Waals surface area contributed by atoms with Gasteiger partial charge in [-0.3, -0.25) is 0 Å². The molecular formula is C15H23FN2. The Labute approximate surface area is 109 Å². The molecule has 1 fully saturated rings. The molecule has 0 aliphatic heterocycles. The molecule has 0 bridgehead atoms. The number of hydrogen-bond donors (Lipinski definition) is 1. The Morgan fingerprint density at radius 2 is 2.11 bits per heavy atom. The van der Waals surface area contributed by atoms with Crippen molar-refractivity contribution in [3.8, 4) is 0 Å². The molecule has 1 saturated carbocycles. The first-order valence-corrected chi connectivity index (χ1v) is 6.79. The van der Waals surface area contributed by atoms with Crippen LogP contribution in [0, 0.1) is 11.7 Å². The zero-order valence-electron chi connectivity index (χ0n) is 11.5. The van der Waals surface area contributed by atoms with E-state index in [0.717, 1.165) is 30.3 Å². The second kappa shape index (κ2) is 5.70. The quantitative estimate of drug-likeness (QED) is 0.834. The standard InChI is InChI=1S/C15H23FN2/c1-11(2)17-9-13-8-14(16)6-7-15(13)18(3)10-12-4-5-12/h6-8,11-12,17H,4-5,9-10H2,1-3H3. The van der Waals surface area contributed by atoms with Crippen molar-refractivity contribution in [1.82, 2.24) is 5.32 Å². The maximum atomic E-state index is 13.4. The zero-order chi connectivity index (χ0) is 13.1. The highest BCUT2D eigenvalue weighted by Gasteiger charge is 2.23. The Morgan fingerprint density at radius 1 is 1.39 bits per heavy atom. The largest absolute Gasteiger partial charge is 0.374 e. The van der Waals surface area contributed by atoms with Gasteiger partial charge in [-0.15, -0.1) is 0 Å². The highest BCUT2D eigenvalue weighted by atomic mass is 19.1. The van der Waals surface area contributed by atoms with Gasteiger partial charge in [-0.1, -0.05) is 13.8 Å². The van der Waals surface area contributed by atoms with Gasteiger partial charge in [-0.05, 0) is 42.5 Å². The van der Waals surface area contributed by atoms with Gasteiger partial charge in [-0.2, -0.15) is 0 Å². The van der Waals surface area contributed by atoms with Gasteiger partial charge in [0.05, 0.1) is 0 Å². The van der Waals surface area contributed by atoms with E-state index in [1.54, 1.807) is 12.1 Å². The van der Waals surface area contributed by atoms with Crippen LogP contribution in [0.4, 0.5) is 10.1 Å². The Hall–Kier alpha value is -1.09. The summed E-state index contributed by atoms with van der Waals surface area (Å²) < 4.78 is 13.4. The fourth-order valence-electron chi connectivity index (χ4n) is 2.17. The molecule has 0 saturated heterocycles. The lowest BCUT2D eigenvalue weighted by Gasteiger charge is -2.23. The smallest absolute Gasteiger partial charge is 0.123 e. The molecule has 0 unspecified atom stereocenters. The molecule has 0 spiro atoms. The van der Waals surface area contributed by atoms with Crippen molar-refractivity contribution in [3.05, 3.63) is 29.6 Å². The number of nitrogens with one attached hydrogen (secondary N) is 1. The van der Waals surface area contributed by atoms with E-state index in [1.165, 1.54) is 12.8 Å². The van der Waals surface area contributed by atoms with Crippen LogP contribution < -0.4 is 10.2 Å². The fraction of sp³-hybridized carbons (Fsp3) is 0.600. The van der Waals surface area contributed by atoms with Crippen molar-refractivity contribution >= 4 is 5.69 Å². The summed E-state index contributed by atoms with van der Waals surface area (Å²) in [4.78, 5) is 2.26. The summed E-state index contributed by atoms with van der Waals surface area (Å²) in [7, 11) is 2.10. The lowest BCUT2D eigenvalue weighted by atomic mass is 10.1. The van der Waals surface area contributed by atoms with E-state index in [9.17, 15) is 4.39 Å². The average molecular weight is 250 g/mol. The minimum Gasteiger partial charge on any atom is -0.374 e. The van der Waals surface area contributed by atoms with Crippen LogP contribution in [0.25, 0.3) is 0 Å². The Bertz CT molecular complexity index is 399. The van der Waals surface area contributed by atoms with Crippen LogP contribution in [-0.2, 0) is 6.54 Å². The number of nitrogens with zero attached hydrogens (tertiary/aromatic N) is 1. The molecule has 1 aromatic rings. The third kappa shape index (κ3) is 3.70. The van der Waals surface area contributed by atoms with E-state index in [1.807, 2.05) is 6.07 Å². The van der Waals surface area contributed by atoms with Gasteiger partial charge < -0.3 is 10.2 Å². The Morgan fingerprint density at radius 3 is 2.72 bits per heavy atom. The van der Waals surface area contributed by atoms with Gasteiger partial charge in [0.1, 0.15) is 5.82 Å². The topological polar surface area (TPSA) is 15.3 Å². The predicted octanol–water partition coefficient (Wildman–Crippen LogP) is 3.17. The summed E-state index contributed by atoms with van der Waals surface area (Å²) in [6.45, 7) is 6.01. The number of anilines is 1. The summed E-state index contributed by atoms with van der Waals surface area (Å²) in [5.41, 5.74) is 2.20. The van der Waals surface area contributed by atoms with Gasteiger partial charge in [0.2, 0.25) is 0 Å². The van der Waals surface area contributed by atoms with E-state index < -0.39 is 0 Å². The SMILES string of the molecule is CC(C)NCc1cc(F)ccc1N(C)CC1CC1. The van der Waals surface area contributed by atoms with Crippen LogP contribution in [0.5, 0.6) is 0 Å². The fourth-order valence-corrected chi connectivity index (χ4v) is 2.17. The van der Waals surface area contributed by atoms with Crippen molar-refractivity contribution in [2.75, 3.05) is 18.5 Å². The summed E-state index contributed by atoms with van der Waals surface area (Å²) in [6, 6.07) is 5.51. The van der Waals surface area contributed by atoms with Gasteiger partial charge in [-0.25, -0.2) is 4.39 Å². The molecule has 0 amide bonds. The number of benzene rings is 1. The molecule has 0 heterocycles. The maximum Gasteiger partial charge on any atom is 0.123 e. The summed E-state index contributed by atoms with van der Waals surface area (Å²) >= 11 is 0. The first-order valence-electron chi connectivity index (χ1n) is 6.79.